The molecule has 0 saturated carbocycles. The highest BCUT2D eigenvalue weighted by Crippen LogP contribution is 2.48. The molecule has 0 fully saturated rings. The van der Waals surface area contributed by atoms with E-state index in [4.69, 9.17) is 29.9 Å². The number of rotatable bonds is 9. The smallest absolute Gasteiger partial charge is 0.0979 e. The molecule has 0 unspecified atom stereocenters. The number of hydrogen-bond acceptors (Lipinski definition) is 6. The first-order valence-corrected chi connectivity index (χ1v) is 48.0. The Morgan fingerprint density at radius 1 is 0.128 bits per heavy atom. The van der Waals surface area contributed by atoms with Gasteiger partial charge in [-0.3, -0.25) is 0 Å². The van der Waals surface area contributed by atoms with Crippen LogP contribution in [0.1, 0.15) is 0 Å². The zero-order valence-electron chi connectivity index (χ0n) is 76.3. The number of fused-ring (bicyclic) bond motifs is 27. The monoisotopic (exact) mass is 1790 g/mol. The summed E-state index contributed by atoms with van der Waals surface area (Å²) < 4.78 is 7.24. The van der Waals surface area contributed by atoms with Crippen molar-refractivity contribution in [1.82, 2.24) is 43.6 Å². The van der Waals surface area contributed by atoms with Gasteiger partial charge in [0.25, 0.3) is 0 Å². The summed E-state index contributed by atoms with van der Waals surface area (Å²) in [6, 6.07) is 175. The lowest BCUT2D eigenvalue weighted by Gasteiger charge is -2.14. The third-order valence-electron chi connectivity index (χ3n) is 28.6. The molecule has 24 aromatic carbocycles. The van der Waals surface area contributed by atoms with Gasteiger partial charge in [0.05, 0.1) is 100 Å². The Balaban J connectivity index is 0.000000104. The lowest BCUT2D eigenvalue weighted by atomic mass is 9.98. The highest BCUT2D eigenvalue weighted by Gasteiger charge is 2.26. The molecule has 0 amide bonds. The van der Waals surface area contributed by atoms with Gasteiger partial charge in [0.15, 0.2) is 0 Å². The third kappa shape index (κ3) is 13.5. The zero-order valence-corrected chi connectivity index (χ0v) is 76.3. The average molecular weight is 1790 g/mol. The maximum absolute atomic E-state index is 5.29. The molecule has 0 saturated heterocycles. The molecule has 0 bridgehead atoms. The maximum atomic E-state index is 5.29. The van der Waals surface area contributed by atoms with Crippen molar-refractivity contribution < 1.29 is 0 Å². The molecule has 0 radical (unpaired) electrons. The Morgan fingerprint density at radius 2 is 0.348 bits per heavy atom. The molecule has 6 heterocycles. The van der Waals surface area contributed by atoms with E-state index in [1.54, 1.807) is 0 Å². The van der Waals surface area contributed by atoms with E-state index < -0.39 is 0 Å². The summed E-state index contributed by atoms with van der Waals surface area (Å²) in [4.78, 5) is 31.4. The third-order valence-corrected chi connectivity index (χ3v) is 28.6. The molecule has 0 spiro atoms. The summed E-state index contributed by atoms with van der Waals surface area (Å²) in [6.07, 6.45) is 0. The van der Waals surface area contributed by atoms with Crippen LogP contribution in [-0.4, -0.2) is 43.6 Å². The molecule has 6 aromatic heterocycles. The minimum Gasteiger partial charge on any atom is -0.309 e. The molecule has 0 atom stereocenters. The molecule has 141 heavy (non-hydrogen) atoms. The first-order chi connectivity index (χ1) is 69.9. The molecule has 0 N–H and O–H groups in total. The fraction of sp³-hybridized carbons (Fsp3) is 0. The van der Waals surface area contributed by atoms with Gasteiger partial charge in [0.1, 0.15) is 0 Å². The van der Waals surface area contributed by atoms with Crippen molar-refractivity contribution in [3.63, 3.8) is 0 Å². The minimum atomic E-state index is 0.873. The lowest BCUT2D eigenvalue weighted by Crippen LogP contribution is -1.98. The van der Waals surface area contributed by atoms with E-state index in [2.05, 4.69) is 432 Å². The van der Waals surface area contributed by atoms with Crippen molar-refractivity contribution in [3.8, 4) is 84.6 Å². The van der Waals surface area contributed by atoms with Crippen molar-refractivity contribution in [2.75, 3.05) is 0 Å². The second-order valence-electron chi connectivity index (χ2n) is 36.6. The fourth-order valence-electron chi connectivity index (χ4n) is 22.1. The van der Waals surface area contributed by atoms with E-state index in [9.17, 15) is 0 Å². The molecule has 9 nitrogen and oxygen atoms in total. The molecule has 654 valence electrons. The summed E-state index contributed by atoms with van der Waals surface area (Å²) in [5.74, 6) is 0. The highest BCUT2D eigenvalue weighted by molar-refractivity contribution is 6.32. The molecular weight excluding hydrogens is 1710 g/mol. The van der Waals surface area contributed by atoms with Gasteiger partial charge in [-0.25, -0.2) is 29.9 Å². The van der Waals surface area contributed by atoms with Crippen LogP contribution in [0.25, 0.3) is 280 Å². The van der Waals surface area contributed by atoms with Crippen LogP contribution in [0.2, 0.25) is 0 Å². The van der Waals surface area contributed by atoms with Crippen molar-refractivity contribution in [2.24, 2.45) is 0 Å². The average Bonchev–Trinajstić information content (AvgIpc) is 1.57. The number of nitrogens with zero attached hydrogens (tertiary/aromatic N) is 9. The van der Waals surface area contributed by atoms with Gasteiger partial charge in [-0.05, 0) is 218 Å². The van der Waals surface area contributed by atoms with Crippen molar-refractivity contribution >= 4 is 195 Å². The Bertz CT molecular complexity index is 10200. The Hall–Kier alpha value is -19.0. The standard InChI is InChI=1S/3C44H27N3/c1-4-17-33-28(11-1)14-10-20-36(33)44-43(45-37-21-7-8-22-38(37)46-44)31-15-9-16-32(27-31)47-39-25-23-29-12-2-5-18-34(29)41(39)42-35-19-6-3-13-30(35)24-26-40(42)47;1-2-13-31-26-33(21-20-28(31)10-1)44-43(45-37-18-7-8-19-38(37)46-44)32-14-9-15-34(27-32)47-39-24-22-29-11-3-5-16-35(29)41(39)42-36-17-6-4-12-30(36)23-25-40(42)47;1-2-12-32-27-33(18-17-28(32)9-1)44-43(45-37-15-7-8-16-38(37)46-44)31-19-23-34(24-20-31)47-39-25-21-29-10-3-5-13-35(29)41(39)42-36-14-6-4-11-30(36)22-26-40(42)47/h3*1-27H. The summed E-state index contributed by atoms with van der Waals surface area (Å²) in [6.45, 7) is 0. The van der Waals surface area contributed by atoms with Crippen LogP contribution in [0, 0.1) is 0 Å². The van der Waals surface area contributed by atoms with E-state index in [0.29, 0.717) is 0 Å². The van der Waals surface area contributed by atoms with Crippen LogP contribution in [0.4, 0.5) is 0 Å². The first kappa shape index (κ1) is 80.5. The normalized spacial score (nSPS) is 11.8. The molecule has 0 aliphatic heterocycles. The van der Waals surface area contributed by atoms with Crippen LogP contribution in [0.15, 0.2) is 491 Å². The number of para-hydroxylation sites is 6. The zero-order chi connectivity index (χ0) is 92.7. The van der Waals surface area contributed by atoms with Crippen LogP contribution >= 0.6 is 0 Å². The number of benzene rings is 24. The highest BCUT2D eigenvalue weighted by atomic mass is 15.0. The Labute approximate surface area is 809 Å². The van der Waals surface area contributed by atoms with Crippen LogP contribution in [-0.2, 0) is 0 Å². The molecule has 30 aromatic rings. The maximum Gasteiger partial charge on any atom is 0.0979 e. The predicted molar refractivity (Wildman–Crippen MR) is 592 cm³/mol. The molecule has 30 rings (SSSR count). The molecule has 9 heteroatoms. The van der Waals surface area contributed by atoms with Crippen LogP contribution < -0.4 is 0 Å². The summed E-state index contributed by atoms with van der Waals surface area (Å²) in [5, 5.41) is 29.9. The van der Waals surface area contributed by atoms with Gasteiger partial charge >= 0.3 is 0 Å². The topological polar surface area (TPSA) is 92.1 Å². The Kier molecular flexibility index (Phi) is 18.8. The van der Waals surface area contributed by atoms with Crippen molar-refractivity contribution in [3.05, 3.63) is 491 Å². The summed E-state index contributed by atoms with van der Waals surface area (Å²) in [7, 11) is 0. The fourth-order valence-corrected chi connectivity index (χ4v) is 22.1. The summed E-state index contributed by atoms with van der Waals surface area (Å²) >= 11 is 0. The van der Waals surface area contributed by atoms with E-state index in [1.807, 2.05) is 72.8 Å². The van der Waals surface area contributed by atoms with Gasteiger partial charge in [0, 0.05) is 82.8 Å². The van der Waals surface area contributed by atoms with E-state index in [1.165, 1.54) is 157 Å². The summed E-state index contributed by atoms with van der Waals surface area (Å²) in [5.41, 5.74) is 27.3. The molecule has 0 aliphatic rings. The predicted octanol–water partition coefficient (Wildman–Crippen LogP) is 34.6. The first-order valence-electron chi connectivity index (χ1n) is 48.0. The van der Waals surface area contributed by atoms with Gasteiger partial charge in [-0.15, -0.1) is 0 Å². The van der Waals surface area contributed by atoms with Crippen LogP contribution in [0.3, 0.4) is 0 Å². The van der Waals surface area contributed by atoms with Crippen molar-refractivity contribution in [1.29, 1.82) is 0 Å². The number of aromatic nitrogens is 9. The largest absolute Gasteiger partial charge is 0.309 e. The molecular formula is C132H81N9. The second kappa shape index (κ2) is 33.0. The van der Waals surface area contributed by atoms with E-state index in [0.717, 1.165) is 123 Å². The van der Waals surface area contributed by atoms with Gasteiger partial charge in [-0.2, -0.15) is 0 Å². The number of hydrogen-bond donors (Lipinski definition) is 0. The van der Waals surface area contributed by atoms with Gasteiger partial charge < -0.3 is 13.7 Å². The van der Waals surface area contributed by atoms with Crippen LogP contribution in [0.5, 0.6) is 0 Å². The quantitative estimate of drug-likeness (QED) is 0.143. The van der Waals surface area contributed by atoms with Gasteiger partial charge in [-0.1, -0.05) is 370 Å². The van der Waals surface area contributed by atoms with E-state index >= 15 is 0 Å². The minimum absolute atomic E-state index is 0.873. The Morgan fingerprint density at radius 3 is 0.674 bits per heavy atom. The SMILES string of the molecule is c1cc(-c2nc3ccccc3nc2-c2ccc3ccccc3c2)cc(-n2c3ccc4ccccc4c3c3c4ccccc4ccc32)c1.c1cc(-c2nc3ccccc3nc2-c2cccc3ccccc23)cc(-n2c3ccc4ccccc4c3c3c4ccccc4ccc32)c1.c1ccc2cc(-c3nc4ccccc4nc3-c3ccc(-n4c5ccc6ccccc6c5c5c6ccccc6ccc54)cc3)ccc2c1. The van der Waals surface area contributed by atoms with Gasteiger partial charge in [0.2, 0.25) is 0 Å². The second-order valence-corrected chi connectivity index (χ2v) is 36.6. The van der Waals surface area contributed by atoms with Crippen molar-refractivity contribution in [2.45, 2.75) is 0 Å². The van der Waals surface area contributed by atoms with E-state index in [-0.39, 0.29) is 0 Å². The molecule has 0 aliphatic carbocycles. The lowest BCUT2D eigenvalue weighted by molar-refractivity contribution is 1.18.